The molecule has 4 aromatic rings. The summed E-state index contributed by atoms with van der Waals surface area (Å²) in [5, 5.41) is 5.06. The first kappa shape index (κ1) is 20.0. The van der Waals surface area contributed by atoms with E-state index in [1.807, 2.05) is 28.9 Å². The molecule has 1 heterocycles. The van der Waals surface area contributed by atoms with Gasteiger partial charge >= 0.3 is 0 Å². The van der Waals surface area contributed by atoms with E-state index in [9.17, 15) is 0 Å². The first-order valence-electron chi connectivity index (χ1n) is 10.7. The lowest BCUT2D eigenvalue weighted by Gasteiger charge is -2.11. The van der Waals surface area contributed by atoms with E-state index in [2.05, 4.69) is 67.6 Å². The molecule has 1 aromatic heterocycles. The number of para-hydroxylation sites is 2. The molecular weight excluding hydrogens is 368 g/mol. The van der Waals surface area contributed by atoms with E-state index in [0.29, 0.717) is 0 Å². The van der Waals surface area contributed by atoms with Crippen molar-refractivity contribution >= 4 is 0 Å². The molecule has 0 saturated heterocycles. The van der Waals surface area contributed by atoms with Gasteiger partial charge in [0.05, 0.1) is 18.5 Å². The van der Waals surface area contributed by atoms with E-state index in [-0.39, 0.29) is 0 Å². The summed E-state index contributed by atoms with van der Waals surface area (Å²) in [6.07, 6.45) is 4.75. The Kier molecular flexibility index (Phi) is 6.29. The van der Waals surface area contributed by atoms with Gasteiger partial charge in [-0.1, -0.05) is 86.5 Å². The second kappa shape index (κ2) is 9.45. The van der Waals surface area contributed by atoms with Gasteiger partial charge < -0.3 is 4.74 Å². The third kappa shape index (κ3) is 4.16. The maximum Gasteiger partial charge on any atom is 0.144 e. The standard InChI is InChI=1S/C27H28N2O/c1-3-4-6-13-21-14-9-10-17-23(21)24-20-26(22-15-7-5-8-16-22)29(28-24)25-18-11-12-19-27(25)30-2/h5,7-12,14-20H,3-4,6,13H2,1-2H3. The largest absolute Gasteiger partial charge is 0.494 e. The summed E-state index contributed by atoms with van der Waals surface area (Å²) in [7, 11) is 1.70. The van der Waals surface area contributed by atoms with Gasteiger partial charge in [-0.3, -0.25) is 0 Å². The van der Waals surface area contributed by atoms with Crippen molar-refractivity contribution in [2.75, 3.05) is 7.11 Å². The lowest BCUT2D eigenvalue weighted by molar-refractivity contribution is 0.412. The van der Waals surface area contributed by atoms with Crippen LogP contribution in [0.3, 0.4) is 0 Å². The zero-order valence-electron chi connectivity index (χ0n) is 17.7. The van der Waals surface area contributed by atoms with Crippen LogP contribution in [0.15, 0.2) is 84.9 Å². The number of methoxy groups -OCH3 is 1. The monoisotopic (exact) mass is 396 g/mol. The van der Waals surface area contributed by atoms with Crippen molar-refractivity contribution in [1.82, 2.24) is 9.78 Å². The third-order valence-electron chi connectivity index (χ3n) is 5.44. The molecule has 3 aromatic carbocycles. The molecule has 0 aliphatic rings. The maximum absolute atomic E-state index is 5.63. The quantitative estimate of drug-likeness (QED) is 0.301. The second-order valence-corrected chi connectivity index (χ2v) is 7.48. The average Bonchev–Trinajstić information content (AvgIpc) is 3.25. The highest BCUT2D eigenvalue weighted by molar-refractivity contribution is 5.73. The molecule has 152 valence electrons. The molecule has 0 aliphatic heterocycles. The summed E-state index contributed by atoms with van der Waals surface area (Å²) in [6, 6.07) is 29.3. The Bertz CT molecular complexity index is 1100. The molecule has 0 spiro atoms. The molecule has 0 bridgehead atoms. The lowest BCUT2D eigenvalue weighted by atomic mass is 9.99. The minimum atomic E-state index is 0.806. The number of hydrogen-bond acceptors (Lipinski definition) is 2. The number of nitrogens with zero attached hydrogens (tertiary/aromatic N) is 2. The fraction of sp³-hybridized carbons (Fsp3) is 0.222. The Morgan fingerprint density at radius 1 is 0.833 bits per heavy atom. The zero-order valence-corrected chi connectivity index (χ0v) is 17.7. The van der Waals surface area contributed by atoms with Crippen molar-refractivity contribution in [3.63, 3.8) is 0 Å². The Balaban J connectivity index is 1.85. The number of unbranched alkanes of at least 4 members (excludes halogenated alkanes) is 2. The summed E-state index contributed by atoms with van der Waals surface area (Å²) in [5.41, 5.74) is 6.68. The normalized spacial score (nSPS) is 10.9. The molecule has 30 heavy (non-hydrogen) atoms. The van der Waals surface area contributed by atoms with Crippen molar-refractivity contribution in [3.05, 3.63) is 90.5 Å². The summed E-state index contributed by atoms with van der Waals surface area (Å²) in [4.78, 5) is 0. The van der Waals surface area contributed by atoms with Gasteiger partial charge in [0.15, 0.2) is 0 Å². The second-order valence-electron chi connectivity index (χ2n) is 7.48. The van der Waals surface area contributed by atoms with Crippen molar-refractivity contribution in [2.45, 2.75) is 32.6 Å². The fourth-order valence-electron chi connectivity index (χ4n) is 3.87. The molecule has 0 saturated carbocycles. The van der Waals surface area contributed by atoms with Crippen LogP contribution in [0, 0.1) is 0 Å². The number of aryl methyl sites for hydroxylation is 1. The van der Waals surface area contributed by atoms with Crippen LogP contribution in [0.25, 0.3) is 28.2 Å². The van der Waals surface area contributed by atoms with Gasteiger partial charge in [0.2, 0.25) is 0 Å². The van der Waals surface area contributed by atoms with Crippen LogP contribution in [0.4, 0.5) is 0 Å². The van der Waals surface area contributed by atoms with E-state index in [1.54, 1.807) is 7.11 Å². The zero-order chi connectivity index (χ0) is 20.8. The van der Waals surface area contributed by atoms with Crippen LogP contribution in [0.1, 0.15) is 31.7 Å². The summed E-state index contributed by atoms with van der Waals surface area (Å²) >= 11 is 0. The first-order chi connectivity index (χ1) is 14.8. The van der Waals surface area contributed by atoms with Gasteiger partial charge in [-0.15, -0.1) is 0 Å². The number of rotatable bonds is 8. The van der Waals surface area contributed by atoms with Crippen LogP contribution in [0.5, 0.6) is 5.75 Å². The van der Waals surface area contributed by atoms with Gasteiger partial charge in [0.1, 0.15) is 11.4 Å². The van der Waals surface area contributed by atoms with E-state index < -0.39 is 0 Å². The van der Waals surface area contributed by atoms with Crippen molar-refractivity contribution in [1.29, 1.82) is 0 Å². The molecule has 0 aliphatic carbocycles. The molecule has 4 rings (SSSR count). The van der Waals surface area contributed by atoms with Gasteiger partial charge in [-0.05, 0) is 36.6 Å². The number of benzene rings is 3. The molecule has 0 N–H and O–H groups in total. The van der Waals surface area contributed by atoms with Gasteiger partial charge in [-0.25, -0.2) is 4.68 Å². The highest BCUT2D eigenvalue weighted by atomic mass is 16.5. The van der Waals surface area contributed by atoms with Crippen LogP contribution in [0.2, 0.25) is 0 Å². The van der Waals surface area contributed by atoms with Crippen LogP contribution < -0.4 is 4.74 Å². The van der Waals surface area contributed by atoms with Crippen LogP contribution in [-0.2, 0) is 6.42 Å². The van der Waals surface area contributed by atoms with E-state index >= 15 is 0 Å². The smallest absolute Gasteiger partial charge is 0.144 e. The SMILES string of the molecule is CCCCCc1ccccc1-c1cc(-c2ccccc2)n(-c2ccccc2OC)n1. The molecule has 0 atom stereocenters. The maximum atomic E-state index is 5.63. The summed E-state index contributed by atoms with van der Waals surface area (Å²) in [5.74, 6) is 0.806. The van der Waals surface area contributed by atoms with Gasteiger partial charge in [0.25, 0.3) is 0 Å². The highest BCUT2D eigenvalue weighted by Gasteiger charge is 2.17. The summed E-state index contributed by atoms with van der Waals surface area (Å²) in [6.45, 7) is 2.24. The molecule has 0 unspecified atom stereocenters. The fourth-order valence-corrected chi connectivity index (χ4v) is 3.87. The van der Waals surface area contributed by atoms with Crippen molar-refractivity contribution in [3.8, 4) is 34.0 Å². The molecule has 3 heteroatoms. The predicted molar refractivity (Wildman–Crippen MR) is 124 cm³/mol. The number of hydrogen-bond donors (Lipinski definition) is 0. The van der Waals surface area contributed by atoms with Crippen molar-refractivity contribution < 1.29 is 4.74 Å². The topological polar surface area (TPSA) is 27.1 Å². The van der Waals surface area contributed by atoms with Gasteiger partial charge in [-0.2, -0.15) is 5.10 Å². The molecule has 0 radical (unpaired) electrons. The number of aromatic nitrogens is 2. The van der Waals surface area contributed by atoms with E-state index in [4.69, 9.17) is 9.84 Å². The highest BCUT2D eigenvalue weighted by Crippen LogP contribution is 2.33. The Hall–Kier alpha value is -3.33. The Labute approximate surface area is 179 Å². The summed E-state index contributed by atoms with van der Waals surface area (Å²) < 4.78 is 7.64. The molecule has 0 amide bonds. The van der Waals surface area contributed by atoms with Crippen LogP contribution in [-0.4, -0.2) is 16.9 Å². The van der Waals surface area contributed by atoms with E-state index in [0.717, 1.165) is 34.8 Å². The third-order valence-corrected chi connectivity index (χ3v) is 5.44. The Morgan fingerprint density at radius 3 is 2.37 bits per heavy atom. The molecule has 0 fully saturated rings. The molecule has 3 nitrogen and oxygen atoms in total. The minimum Gasteiger partial charge on any atom is -0.494 e. The predicted octanol–water partition coefficient (Wildman–Crippen LogP) is 6.95. The molecular formula is C27H28N2O. The van der Waals surface area contributed by atoms with Gasteiger partial charge in [0, 0.05) is 11.1 Å². The lowest BCUT2D eigenvalue weighted by Crippen LogP contribution is -2.02. The first-order valence-corrected chi connectivity index (χ1v) is 10.7. The van der Waals surface area contributed by atoms with E-state index in [1.165, 1.54) is 30.4 Å². The number of ether oxygens (including phenoxy) is 1. The Morgan fingerprint density at radius 2 is 1.57 bits per heavy atom. The minimum absolute atomic E-state index is 0.806. The van der Waals surface area contributed by atoms with Crippen LogP contribution >= 0.6 is 0 Å². The average molecular weight is 397 g/mol. The van der Waals surface area contributed by atoms with Crippen molar-refractivity contribution in [2.24, 2.45) is 0 Å².